The van der Waals surface area contributed by atoms with E-state index in [0.29, 0.717) is 35.2 Å². The third-order valence-electron chi connectivity index (χ3n) is 5.31. The molecule has 0 saturated carbocycles. The number of aromatic amines is 1. The second-order valence-corrected chi connectivity index (χ2v) is 6.81. The van der Waals surface area contributed by atoms with Crippen molar-refractivity contribution < 1.29 is 4.79 Å². The first-order valence-corrected chi connectivity index (χ1v) is 8.94. The average Bonchev–Trinajstić information content (AvgIpc) is 3.29. The van der Waals surface area contributed by atoms with Gasteiger partial charge in [0, 0.05) is 25.1 Å². The lowest BCUT2D eigenvalue weighted by Crippen LogP contribution is -2.29. The summed E-state index contributed by atoms with van der Waals surface area (Å²) in [5.41, 5.74) is 3.61. The van der Waals surface area contributed by atoms with Gasteiger partial charge in [0.1, 0.15) is 11.7 Å². The number of amides is 1. The van der Waals surface area contributed by atoms with Gasteiger partial charge in [-0.25, -0.2) is 0 Å². The van der Waals surface area contributed by atoms with Crippen LogP contribution in [0.4, 0.5) is 0 Å². The number of likely N-dealkylation sites (tertiary alicyclic amines) is 1. The Morgan fingerprint density at radius 1 is 1.27 bits per heavy atom. The van der Waals surface area contributed by atoms with Crippen molar-refractivity contribution in [3.05, 3.63) is 51.3 Å². The molecule has 1 N–H and O–H groups in total. The average molecular weight is 348 g/mol. The number of nitrogens with zero attached hydrogens (tertiary/aromatic N) is 3. The molecule has 0 atom stereocenters. The minimum Gasteiger partial charge on any atom is -0.343 e. The van der Waals surface area contributed by atoms with E-state index >= 15 is 0 Å². The maximum absolute atomic E-state index is 13.1. The van der Waals surface area contributed by atoms with E-state index in [1.54, 1.807) is 11.3 Å². The van der Waals surface area contributed by atoms with Gasteiger partial charge < -0.3 is 9.88 Å². The van der Waals surface area contributed by atoms with Crippen LogP contribution < -0.4 is 5.56 Å². The number of nitrogens with one attached hydrogen (secondary N) is 1. The Bertz CT molecular complexity index is 1110. The Morgan fingerprint density at radius 2 is 2.00 bits per heavy atom. The standard InChI is InChI=1S/C20H20N4O2/c1-13-14(8-9-18(25)23-10-4-5-11-23)20(26)24-17-7-3-2-6-16(17)22-19(24)15(13)12-21/h2-3,6-7,22H,4-5,8-11H2,1H3. The number of rotatable bonds is 3. The normalized spacial score (nSPS) is 14.2. The second-order valence-electron chi connectivity index (χ2n) is 6.81. The van der Waals surface area contributed by atoms with Crippen molar-refractivity contribution in [1.29, 1.82) is 5.26 Å². The molecule has 6 nitrogen and oxygen atoms in total. The van der Waals surface area contributed by atoms with E-state index in [1.807, 2.05) is 29.2 Å². The van der Waals surface area contributed by atoms with E-state index in [2.05, 4.69) is 11.1 Å². The fourth-order valence-electron chi connectivity index (χ4n) is 3.88. The zero-order valence-electron chi connectivity index (χ0n) is 14.7. The fourth-order valence-corrected chi connectivity index (χ4v) is 3.88. The molecule has 0 radical (unpaired) electrons. The number of carbonyl (C=O) groups excluding carboxylic acids is 1. The number of para-hydroxylation sites is 2. The topological polar surface area (TPSA) is 81.4 Å². The van der Waals surface area contributed by atoms with E-state index in [-0.39, 0.29) is 11.5 Å². The van der Waals surface area contributed by atoms with Crippen molar-refractivity contribution in [3.63, 3.8) is 0 Å². The van der Waals surface area contributed by atoms with Crippen LogP contribution in [0.1, 0.15) is 36.0 Å². The summed E-state index contributed by atoms with van der Waals surface area (Å²) in [7, 11) is 0. The number of carbonyl (C=O) groups is 1. The second kappa shape index (κ2) is 6.34. The SMILES string of the molecule is Cc1c(CCC(=O)N2CCCC2)c(=O)n2c([nH]c3ccccc32)c1C#N. The Labute approximate surface area is 150 Å². The molecule has 1 fully saturated rings. The van der Waals surface area contributed by atoms with E-state index in [9.17, 15) is 14.9 Å². The Kier molecular flexibility index (Phi) is 4.00. The summed E-state index contributed by atoms with van der Waals surface area (Å²) in [6.07, 6.45) is 2.76. The minimum absolute atomic E-state index is 0.0869. The van der Waals surface area contributed by atoms with Crippen molar-refractivity contribution >= 4 is 22.6 Å². The van der Waals surface area contributed by atoms with Gasteiger partial charge in [-0.15, -0.1) is 0 Å². The van der Waals surface area contributed by atoms with Gasteiger partial charge in [0.2, 0.25) is 5.91 Å². The first kappa shape index (κ1) is 16.4. The number of benzene rings is 1. The maximum atomic E-state index is 13.1. The van der Waals surface area contributed by atoms with Gasteiger partial charge in [-0.2, -0.15) is 5.26 Å². The van der Waals surface area contributed by atoms with Gasteiger partial charge in [0.15, 0.2) is 0 Å². The van der Waals surface area contributed by atoms with Crippen molar-refractivity contribution in [2.75, 3.05) is 13.1 Å². The molecule has 132 valence electrons. The molecule has 0 bridgehead atoms. The number of fused-ring (bicyclic) bond motifs is 3. The fraction of sp³-hybridized carbons (Fsp3) is 0.350. The van der Waals surface area contributed by atoms with Gasteiger partial charge in [-0.3, -0.25) is 14.0 Å². The quantitative estimate of drug-likeness (QED) is 0.790. The third-order valence-corrected chi connectivity index (χ3v) is 5.31. The predicted octanol–water partition coefficient (Wildman–Crippen LogP) is 2.52. The van der Waals surface area contributed by atoms with Crippen LogP contribution in [0.15, 0.2) is 29.1 Å². The van der Waals surface area contributed by atoms with Gasteiger partial charge in [-0.05, 0) is 43.9 Å². The smallest absolute Gasteiger partial charge is 0.260 e. The molecule has 1 amide bonds. The Hall–Kier alpha value is -3.07. The van der Waals surface area contributed by atoms with Gasteiger partial charge in [0.25, 0.3) is 5.56 Å². The van der Waals surface area contributed by atoms with Crippen LogP contribution in [0.2, 0.25) is 0 Å². The maximum Gasteiger partial charge on any atom is 0.260 e. The lowest BCUT2D eigenvalue weighted by molar-refractivity contribution is -0.130. The molecule has 0 aliphatic carbocycles. The summed E-state index contributed by atoms with van der Waals surface area (Å²) in [6.45, 7) is 3.41. The molecule has 4 rings (SSSR count). The predicted molar refractivity (Wildman–Crippen MR) is 99.1 cm³/mol. The van der Waals surface area contributed by atoms with Gasteiger partial charge in [-0.1, -0.05) is 12.1 Å². The number of hydrogen-bond acceptors (Lipinski definition) is 3. The zero-order chi connectivity index (χ0) is 18.3. The van der Waals surface area contributed by atoms with E-state index in [1.165, 1.54) is 0 Å². The van der Waals surface area contributed by atoms with Crippen LogP contribution in [0, 0.1) is 18.3 Å². The van der Waals surface area contributed by atoms with Crippen molar-refractivity contribution in [2.45, 2.75) is 32.6 Å². The molecular weight excluding hydrogens is 328 g/mol. The van der Waals surface area contributed by atoms with E-state index in [4.69, 9.17) is 0 Å². The van der Waals surface area contributed by atoms with Crippen LogP contribution >= 0.6 is 0 Å². The molecule has 1 saturated heterocycles. The number of imidazole rings is 1. The molecule has 1 aliphatic heterocycles. The summed E-state index contributed by atoms with van der Waals surface area (Å²) in [4.78, 5) is 30.5. The first-order chi connectivity index (χ1) is 12.6. The zero-order valence-corrected chi connectivity index (χ0v) is 14.7. The van der Waals surface area contributed by atoms with Crippen molar-refractivity contribution in [2.24, 2.45) is 0 Å². The van der Waals surface area contributed by atoms with Crippen LogP contribution in [0.3, 0.4) is 0 Å². The first-order valence-electron chi connectivity index (χ1n) is 8.94. The van der Waals surface area contributed by atoms with Crippen LogP contribution in [0.25, 0.3) is 16.7 Å². The summed E-state index contributed by atoms with van der Waals surface area (Å²) in [6, 6.07) is 9.72. The van der Waals surface area contributed by atoms with E-state index < -0.39 is 0 Å². The molecule has 3 heterocycles. The monoisotopic (exact) mass is 348 g/mol. The Balaban J connectivity index is 1.81. The van der Waals surface area contributed by atoms with Crippen LogP contribution in [-0.4, -0.2) is 33.3 Å². The highest BCUT2D eigenvalue weighted by atomic mass is 16.2. The molecular formula is C20H20N4O2. The van der Waals surface area contributed by atoms with Gasteiger partial charge in [0.05, 0.1) is 16.6 Å². The number of H-pyrrole nitrogens is 1. The Morgan fingerprint density at radius 3 is 2.73 bits per heavy atom. The summed E-state index contributed by atoms with van der Waals surface area (Å²) in [5, 5.41) is 9.65. The van der Waals surface area contributed by atoms with Crippen molar-refractivity contribution in [3.8, 4) is 6.07 Å². The third kappa shape index (κ3) is 2.48. The van der Waals surface area contributed by atoms with Gasteiger partial charge >= 0.3 is 0 Å². The van der Waals surface area contributed by atoms with Crippen molar-refractivity contribution in [1.82, 2.24) is 14.3 Å². The molecule has 6 heteroatoms. The molecule has 0 unspecified atom stereocenters. The number of aromatic nitrogens is 2. The number of hydrogen-bond donors (Lipinski definition) is 1. The summed E-state index contributed by atoms with van der Waals surface area (Å²) in [5.74, 6) is 0.0869. The highest BCUT2D eigenvalue weighted by Gasteiger charge is 2.21. The highest BCUT2D eigenvalue weighted by molar-refractivity contribution is 5.83. The molecule has 1 aliphatic rings. The number of pyridine rings is 1. The largest absolute Gasteiger partial charge is 0.343 e. The molecule has 1 aromatic carbocycles. The minimum atomic E-state index is -0.150. The lowest BCUT2D eigenvalue weighted by Gasteiger charge is -2.15. The number of nitriles is 1. The molecule has 26 heavy (non-hydrogen) atoms. The molecule has 2 aromatic heterocycles. The summed E-state index contributed by atoms with van der Waals surface area (Å²) < 4.78 is 1.57. The molecule has 3 aromatic rings. The molecule has 0 spiro atoms. The highest BCUT2D eigenvalue weighted by Crippen LogP contribution is 2.22. The lowest BCUT2D eigenvalue weighted by atomic mass is 10.0. The van der Waals surface area contributed by atoms with E-state index in [0.717, 1.165) is 37.0 Å². The van der Waals surface area contributed by atoms with Crippen LogP contribution in [0.5, 0.6) is 0 Å². The van der Waals surface area contributed by atoms with Crippen LogP contribution in [-0.2, 0) is 11.2 Å². The summed E-state index contributed by atoms with van der Waals surface area (Å²) >= 11 is 0.